The second kappa shape index (κ2) is 9.43. The minimum absolute atomic E-state index is 0.0722. The van der Waals surface area contributed by atoms with Crippen LogP contribution < -0.4 is 15.5 Å². The third kappa shape index (κ3) is 4.54. The maximum absolute atomic E-state index is 13.4. The van der Waals surface area contributed by atoms with Gasteiger partial charge in [-0.25, -0.2) is 4.68 Å². The molecule has 1 aliphatic heterocycles. The summed E-state index contributed by atoms with van der Waals surface area (Å²) in [7, 11) is 0. The van der Waals surface area contributed by atoms with Crippen molar-refractivity contribution in [3.8, 4) is 5.75 Å². The number of nitrogens with zero attached hydrogens (tertiary/aromatic N) is 3. The van der Waals surface area contributed by atoms with Crippen LogP contribution in [0.15, 0.2) is 53.7 Å². The summed E-state index contributed by atoms with van der Waals surface area (Å²) in [5, 5.41) is 12.0. The molecule has 7 nitrogen and oxygen atoms in total. The summed E-state index contributed by atoms with van der Waals surface area (Å²) >= 11 is 1.44. The predicted octanol–water partition coefficient (Wildman–Crippen LogP) is 4.34. The second-order valence-corrected chi connectivity index (χ2v) is 8.54. The van der Waals surface area contributed by atoms with Crippen LogP contribution in [0.4, 0.5) is 5.69 Å². The Morgan fingerprint density at radius 2 is 1.94 bits per heavy atom. The smallest absolute Gasteiger partial charge is 0.240 e. The highest BCUT2D eigenvalue weighted by atomic mass is 32.2. The average Bonchev–Trinajstić information content (AvgIpc) is 3.17. The number of fused-ring (bicyclic) bond motifs is 1. The number of rotatable bonds is 7. The van der Waals surface area contributed by atoms with Crippen molar-refractivity contribution >= 4 is 23.4 Å². The summed E-state index contributed by atoms with van der Waals surface area (Å²) < 4.78 is 7.50. The Kier molecular flexibility index (Phi) is 6.46. The van der Waals surface area contributed by atoms with Gasteiger partial charge in [-0.15, -0.1) is 10.2 Å². The lowest BCUT2D eigenvalue weighted by atomic mass is 10.0. The van der Waals surface area contributed by atoms with Gasteiger partial charge in [0.2, 0.25) is 11.1 Å². The number of carbonyl (C=O) groups is 1. The molecule has 0 bridgehead atoms. The first-order valence-electron chi connectivity index (χ1n) is 10.6. The molecular formula is C23H27N5O2S. The van der Waals surface area contributed by atoms with Crippen molar-refractivity contribution in [3.05, 3.63) is 65.5 Å². The summed E-state index contributed by atoms with van der Waals surface area (Å²) in [5.41, 5.74) is 6.34. The van der Waals surface area contributed by atoms with Crippen molar-refractivity contribution < 1.29 is 9.53 Å². The first kappa shape index (κ1) is 21.2. The SMILES string of the molecule is CCCc1nnc2n1N[C@H](c1ccc(OCC)cc1)[C@@H](C(=O)Nc1ccccc1C)S2. The van der Waals surface area contributed by atoms with E-state index in [-0.39, 0.29) is 11.9 Å². The molecule has 0 spiro atoms. The van der Waals surface area contributed by atoms with Crippen LogP contribution in [0.2, 0.25) is 0 Å². The van der Waals surface area contributed by atoms with Gasteiger partial charge >= 0.3 is 0 Å². The number of ether oxygens (including phenoxy) is 1. The molecule has 2 aromatic carbocycles. The van der Waals surface area contributed by atoms with Crippen LogP contribution in [0.3, 0.4) is 0 Å². The number of aryl methyl sites for hydroxylation is 2. The quantitative estimate of drug-likeness (QED) is 0.572. The zero-order valence-electron chi connectivity index (χ0n) is 18.0. The molecule has 3 aromatic rings. The average molecular weight is 438 g/mol. The van der Waals surface area contributed by atoms with Crippen LogP contribution in [0.25, 0.3) is 0 Å². The zero-order valence-corrected chi connectivity index (χ0v) is 18.8. The van der Waals surface area contributed by atoms with E-state index in [4.69, 9.17) is 4.74 Å². The van der Waals surface area contributed by atoms with Gasteiger partial charge in [0.25, 0.3) is 0 Å². The lowest BCUT2D eigenvalue weighted by molar-refractivity contribution is -0.116. The van der Waals surface area contributed by atoms with Crippen LogP contribution in [-0.2, 0) is 11.2 Å². The fourth-order valence-electron chi connectivity index (χ4n) is 3.59. The van der Waals surface area contributed by atoms with Crippen LogP contribution in [0.5, 0.6) is 5.75 Å². The van der Waals surface area contributed by atoms with Gasteiger partial charge < -0.3 is 15.5 Å². The summed E-state index contributed by atoms with van der Waals surface area (Å²) in [4.78, 5) is 13.4. The van der Waals surface area contributed by atoms with Gasteiger partial charge in [-0.2, -0.15) is 0 Å². The van der Waals surface area contributed by atoms with Crippen LogP contribution in [0.1, 0.15) is 43.3 Å². The Hall–Kier alpha value is -3.00. The third-order valence-electron chi connectivity index (χ3n) is 5.19. The fraction of sp³-hybridized carbons (Fsp3) is 0.348. The number of benzene rings is 2. The fourth-order valence-corrected chi connectivity index (χ4v) is 4.69. The number of nitrogens with one attached hydrogen (secondary N) is 2. The highest BCUT2D eigenvalue weighted by molar-refractivity contribution is 8.00. The number of anilines is 1. The number of amides is 1. The zero-order chi connectivity index (χ0) is 21.8. The van der Waals surface area contributed by atoms with E-state index in [9.17, 15) is 4.79 Å². The van der Waals surface area contributed by atoms with Gasteiger partial charge in [-0.1, -0.05) is 49.0 Å². The van der Waals surface area contributed by atoms with E-state index < -0.39 is 5.25 Å². The third-order valence-corrected chi connectivity index (χ3v) is 6.40. The van der Waals surface area contributed by atoms with Gasteiger partial charge in [0.15, 0.2) is 5.82 Å². The Bertz CT molecular complexity index is 1050. The molecule has 1 aromatic heterocycles. The molecular weight excluding hydrogens is 410 g/mol. The van der Waals surface area contributed by atoms with Crippen molar-refractivity contribution in [2.45, 2.75) is 50.1 Å². The highest BCUT2D eigenvalue weighted by Gasteiger charge is 2.37. The number of para-hydroxylation sites is 1. The molecule has 4 rings (SSSR count). The van der Waals surface area contributed by atoms with Crippen molar-refractivity contribution in [1.82, 2.24) is 14.9 Å². The van der Waals surface area contributed by atoms with E-state index in [0.29, 0.717) is 11.8 Å². The van der Waals surface area contributed by atoms with Crippen LogP contribution in [0, 0.1) is 6.92 Å². The molecule has 0 radical (unpaired) electrons. The Morgan fingerprint density at radius 3 is 2.65 bits per heavy atom. The number of hydrogen-bond acceptors (Lipinski definition) is 6. The minimum Gasteiger partial charge on any atom is -0.494 e. The number of hydrogen-bond donors (Lipinski definition) is 2. The molecule has 1 aliphatic rings. The maximum Gasteiger partial charge on any atom is 0.240 e. The van der Waals surface area contributed by atoms with Crippen LogP contribution in [-0.4, -0.2) is 32.6 Å². The van der Waals surface area contributed by atoms with Gasteiger partial charge in [0, 0.05) is 12.1 Å². The van der Waals surface area contributed by atoms with Crippen molar-refractivity contribution in [1.29, 1.82) is 0 Å². The maximum atomic E-state index is 13.4. The first-order valence-corrected chi connectivity index (χ1v) is 11.5. The first-order chi connectivity index (χ1) is 15.1. The largest absolute Gasteiger partial charge is 0.494 e. The standard InChI is InChI=1S/C23H27N5O2S/c1-4-8-19-25-26-23-28(19)27-20(16-11-13-17(14-12-16)30-5-2)21(31-23)22(29)24-18-10-7-6-9-15(18)3/h6-7,9-14,20-21,27H,4-5,8H2,1-3H3,(H,24,29)/t20-,21+/m1/s1. The molecule has 0 aliphatic carbocycles. The molecule has 2 heterocycles. The van der Waals surface area contributed by atoms with Gasteiger partial charge in [-0.3, -0.25) is 4.79 Å². The molecule has 2 atom stereocenters. The Morgan fingerprint density at radius 1 is 1.16 bits per heavy atom. The second-order valence-electron chi connectivity index (χ2n) is 7.44. The minimum atomic E-state index is -0.413. The van der Waals surface area contributed by atoms with Gasteiger partial charge in [-0.05, 0) is 49.6 Å². The lowest BCUT2D eigenvalue weighted by Crippen LogP contribution is -2.41. The summed E-state index contributed by atoms with van der Waals surface area (Å²) in [6.45, 7) is 6.67. The van der Waals surface area contributed by atoms with Crippen molar-refractivity contribution in [2.24, 2.45) is 0 Å². The predicted molar refractivity (Wildman–Crippen MR) is 123 cm³/mol. The summed E-state index contributed by atoms with van der Waals surface area (Å²) in [6, 6.07) is 15.4. The Labute approximate surface area is 186 Å². The van der Waals surface area contributed by atoms with E-state index in [1.54, 1.807) is 0 Å². The molecule has 0 unspecified atom stereocenters. The molecule has 1 amide bonds. The molecule has 0 fully saturated rings. The highest BCUT2D eigenvalue weighted by Crippen LogP contribution is 2.38. The normalized spacial score (nSPS) is 17.5. The van der Waals surface area contributed by atoms with Crippen molar-refractivity contribution in [2.75, 3.05) is 17.3 Å². The molecule has 0 saturated carbocycles. The number of carbonyl (C=O) groups excluding carboxylic acids is 1. The Balaban J connectivity index is 1.66. The monoisotopic (exact) mass is 437 g/mol. The molecule has 2 N–H and O–H groups in total. The molecule has 8 heteroatoms. The molecule has 0 saturated heterocycles. The van der Waals surface area contributed by atoms with E-state index in [2.05, 4.69) is 27.9 Å². The van der Waals surface area contributed by atoms with Gasteiger partial charge in [0.1, 0.15) is 11.0 Å². The summed E-state index contributed by atoms with van der Waals surface area (Å²) in [5.74, 6) is 1.61. The lowest BCUT2D eigenvalue weighted by Gasteiger charge is -2.33. The van der Waals surface area contributed by atoms with E-state index in [1.807, 2.05) is 67.1 Å². The van der Waals surface area contributed by atoms with E-state index in [0.717, 1.165) is 41.2 Å². The van der Waals surface area contributed by atoms with Crippen LogP contribution >= 0.6 is 11.8 Å². The summed E-state index contributed by atoms with van der Waals surface area (Å²) in [6.07, 6.45) is 1.78. The van der Waals surface area contributed by atoms with Crippen molar-refractivity contribution in [3.63, 3.8) is 0 Å². The molecule has 162 valence electrons. The topological polar surface area (TPSA) is 81.1 Å². The number of aromatic nitrogens is 3. The van der Waals surface area contributed by atoms with Gasteiger partial charge in [0.05, 0.1) is 12.6 Å². The number of thioether (sulfide) groups is 1. The van der Waals surface area contributed by atoms with E-state index in [1.165, 1.54) is 11.8 Å². The van der Waals surface area contributed by atoms with E-state index >= 15 is 0 Å². The molecule has 31 heavy (non-hydrogen) atoms.